The summed E-state index contributed by atoms with van der Waals surface area (Å²) in [5, 5.41) is 12.2. The summed E-state index contributed by atoms with van der Waals surface area (Å²) < 4.78 is 0. The smallest absolute Gasteiger partial charge is 0.220 e. The fourth-order valence-corrected chi connectivity index (χ4v) is 1.82. The molecule has 1 aromatic rings. The normalized spacial score (nSPS) is 13.1. The van der Waals surface area contributed by atoms with Gasteiger partial charge in [0.1, 0.15) is 0 Å². The lowest BCUT2D eigenvalue weighted by Gasteiger charge is -2.21. The van der Waals surface area contributed by atoms with E-state index in [1.807, 2.05) is 51.1 Å². The van der Waals surface area contributed by atoms with Gasteiger partial charge in [0.2, 0.25) is 5.91 Å². The Labute approximate surface area is 109 Å². The summed E-state index contributed by atoms with van der Waals surface area (Å²) in [6, 6.07) is 9.66. The molecule has 3 nitrogen and oxygen atoms in total. The summed E-state index contributed by atoms with van der Waals surface area (Å²) in [4.78, 5) is 11.8. The van der Waals surface area contributed by atoms with Gasteiger partial charge in [0.25, 0.3) is 0 Å². The number of nitrogens with one attached hydrogen (secondary N) is 1. The van der Waals surface area contributed by atoms with E-state index in [2.05, 4.69) is 5.32 Å². The van der Waals surface area contributed by atoms with Crippen LogP contribution in [0.3, 0.4) is 0 Å². The third-order valence-corrected chi connectivity index (χ3v) is 2.60. The number of aliphatic hydroxyl groups excluding tert-OH is 1. The molecule has 0 fully saturated rings. The molecule has 100 valence electrons. The molecule has 0 saturated carbocycles. The molecular weight excluding hydrogens is 226 g/mol. The molecular formula is C15H23NO2. The maximum absolute atomic E-state index is 11.8. The van der Waals surface area contributed by atoms with Crippen LogP contribution in [-0.2, 0) is 11.2 Å². The van der Waals surface area contributed by atoms with Crippen molar-refractivity contribution < 1.29 is 9.90 Å². The lowest BCUT2D eigenvalue weighted by molar-refractivity contribution is -0.123. The van der Waals surface area contributed by atoms with E-state index in [1.54, 1.807) is 0 Å². The van der Waals surface area contributed by atoms with Gasteiger partial charge < -0.3 is 10.4 Å². The van der Waals surface area contributed by atoms with Crippen LogP contribution in [0.1, 0.15) is 32.8 Å². The topological polar surface area (TPSA) is 49.3 Å². The lowest BCUT2D eigenvalue weighted by Crippen LogP contribution is -2.40. The van der Waals surface area contributed by atoms with Gasteiger partial charge >= 0.3 is 0 Å². The summed E-state index contributed by atoms with van der Waals surface area (Å²) in [6.45, 7) is 6.04. The molecule has 0 aromatic heterocycles. The van der Waals surface area contributed by atoms with Crippen molar-refractivity contribution in [3.63, 3.8) is 0 Å². The van der Waals surface area contributed by atoms with Gasteiger partial charge in [0, 0.05) is 6.42 Å². The molecule has 1 amide bonds. The van der Waals surface area contributed by atoms with Crippen molar-refractivity contribution in [2.45, 2.75) is 39.7 Å². The summed E-state index contributed by atoms with van der Waals surface area (Å²) in [6.07, 6.45) is 1.13. The maximum atomic E-state index is 11.8. The number of hydrogen-bond donors (Lipinski definition) is 2. The zero-order valence-corrected chi connectivity index (χ0v) is 11.4. The number of amides is 1. The second-order valence-corrected chi connectivity index (χ2v) is 5.87. The van der Waals surface area contributed by atoms with Gasteiger partial charge in [-0.25, -0.2) is 0 Å². The molecule has 1 atom stereocenters. The Bertz CT molecular complexity index is 368. The van der Waals surface area contributed by atoms with Gasteiger partial charge in [0.15, 0.2) is 0 Å². The highest BCUT2D eigenvalue weighted by atomic mass is 16.3. The molecule has 0 saturated heterocycles. The highest BCUT2D eigenvalue weighted by Crippen LogP contribution is 2.18. The summed E-state index contributed by atoms with van der Waals surface area (Å²) >= 11 is 0. The van der Waals surface area contributed by atoms with E-state index < -0.39 is 0 Å². The number of rotatable bonds is 5. The van der Waals surface area contributed by atoms with Crippen LogP contribution in [0.25, 0.3) is 0 Å². The molecule has 0 aliphatic heterocycles. The molecule has 0 aliphatic carbocycles. The van der Waals surface area contributed by atoms with Crippen LogP contribution in [0.4, 0.5) is 0 Å². The maximum Gasteiger partial charge on any atom is 0.220 e. The van der Waals surface area contributed by atoms with E-state index >= 15 is 0 Å². The molecule has 0 heterocycles. The Morgan fingerprint density at radius 3 is 2.39 bits per heavy atom. The Balaban J connectivity index is 2.50. The van der Waals surface area contributed by atoms with Gasteiger partial charge in [-0.15, -0.1) is 0 Å². The van der Waals surface area contributed by atoms with Crippen molar-refractivity contribution in [1.29, 1.82) is 0 Å². The number of benzene rings is 1. The van der Waals surface area contributed by atoms with E-state index in [9.17, 15) is 9.90 Å². The van der Waals surface area contributed by atoms with Crippen molar-refractivity contribution in [2.24, 2.45) is 5.41 Å². The predicted molar refractivity (Wildman–Crippen MR) is 73.2 cm³/mol. The van der Waals surface area contributed by atoms with Crippen molar-refractivity contribution in [3.05, 3.63) is 35.9 Å². The first kappa shape index (κ1) is 14.7. The van der Waals surface area contributed by atoms with Crippen molar-refractivity contribution in [1.82, 2.24) is 5.32 Å². The van der Waals surface area contributed by atoms with Crippen LogP contribution in [-0.4, -0.2) is 23.7 Å². The van der Waals surface area contributed by atoms with Gasteiger partial charge in [-0.1, -0.05) is 51.1 Å². The second kappa shape index (κ2) is 6.55. The molecule has 0 radical (unpaired) electrons. The second-order valence-electron chi connectivity index (χ2n) is 5.87. The minimum Gasteiger partial charge on any atom is -0.394 e. The zero-order chi connectivity index (χ0) is 13.6. The fourth-order valence-electron chi connectivity index (χ4n) is 1.82. The summed E-state index contributed by atoms with van der Waals surface area (Å²) in [7, 11) is 0. The zero-order valence-electron chi connectivity index (χ0n) is 11.4. The Hall–Kier alpha value is -1.35. The van der Waals surface area contributed by atoms with Crippen LogP contribution in [0.5, 0.6) is 0 Å². The Morgan fingerprint density at radius 2 is 1.89 bits per heavy atom. The lowest BCUT2D eigenvalue weighted by atomic mass is 9.91. The molecule has 1 aromatic carbocycles. The van der Waals surface area contributed by atoms with E-state index in [4.69, 9.17) is 0 Å². The van der Waals surface area contributed by atoms with Gasteiger partial charge in [-0.05, 0) is 17.4 Å². The van der Waals surface area contributed by atoms with Gasteiger partial charge in [-0.2, -0.15) is 0 Å². The number of hydrogen-bond acceptors (Lipinski definition) is 2. The number of carbonyl (C=O) groups excluding carboxylic acids is 1. The average Bonchev–Trinajstić information content (AvgIpc) is 2.27. The molecule has 0 aliphatic rings. The van der Waals surface area contributed by atoms with Crippen molar-refractivity contribution >= 4 is 5.91 Å². The minimum absolute atomic E-state index is 0.00233. The molecule has 0 bridgehead atoms. The molecule has 3 heteroatoms. The van der Waals surface area contributed by atoms with E-state index in [0.717, 1.165) is 5.56 Å². The first-order valence-corrected chi connectivity index (χ1v) is 6.35. The fraction of sp³-hybridized carbons (Fsp3) is 0.533. The molecule has 2 N–H and O–H groups in total. The standard InChI is InChI=1S/C15H23NO2/c1-15(2,3)10-14(18)16-13(11-17)9-12-7-5-4-6-8-12/h4-8,13,17H,9-11H2,1-3H3,(H,16,18)/t13-/m0/s1. The molecule has 0 spiro atoms. The summed E-state index contributed by atoms with van der Waals surface area (Å²) in [5.74, 6) is -0.00233. The van der Waals surface area contributed by atoms with Gasteiger partial charge in [-0.3, -0.25) is 4.79 Å². The quantitative estimate of drug-likeness (QED) is 0.840. The van der Waals surface area contributed by atoms with Crippen molar-refractivity contribution in [2.75, 3.05) is 6.61 Å². The van der Waals surface area contributed by atoms with Gasteiger partial charge in [0.05, 0.1) is 12.6 Å². The highest BCUT2D eigenvalue weighted by Gasteiger charge is 2.18. The number of carbonyl (C=O) groups is 1. The first-order valence-electron chi connectivity index (χ1n) is 6.35. The Morgan fingerprint density at radius 1 is 1.28 bits per heavy atom. The van der Waals surface area contributed by atoms with E-state index in [0.29, 0.717) is 12.8 Å². The third kappa shape index (κ3) is 5.82. The predicted octanol–water partition coefficient (Wildman–Crippen LogP) is 2.14. The number of aliphatic hydroxyl groups is 1. The van der Waals surface area contributed by atoms with Crippen LogP contribution < -0.4 is 5.32 Å². The molecule has 0 unspecified atom stereocenters. The molecule has 18 heavy (non-hydrogen) atoms. The van der Waals surface area contributed by atoms with Crippen LogP contribution in [0, 0.1) is 5.41 Å². The monoisotopic (exact) mass is 249 g/mol. The third-order valence-electron chi connectivity index (χ3n) is 2.60. The van der Waals surface area contributed by atoms with E-state index in [-0.39, 0.29) is 24.0 Å². The van der Waals surface area contributed by atoms with Crippen LogP contribution in [0.2, 0.25) is 0 Å². The van der Waals surface area contributed by atoms with Crippen molar-refractivity contribution in [3.8, 4) is 0 Å². The molecule has 1 rings (SSSR count). The largest absolute Gasteiger partial charge is 0.394 e. The Kier molecular flexibility index (Phi) is 5.35. The first-order chi connectivity index (χ1) is 8.40. The highest BCUT2D eigenvalue weighted by molar-refractivity contribution is 5.76. The summed E-state index contributed by atoms with van der Waals surface area (Å²) in [5.41, 5.74) is 1.09. The van der Waals surface area contributed by atoms with E-state index in [1.165, 1.54) is 0 Å². The van der Waals surface area contributed by atoms with Crippen LogP contribution in [0.15, 0.2) is 30.3 Å². The average molecular weight is 249 g/mol. The minimum atomic E-state index is -0.206. The SMILES string of the molecule is CC(C)(C)CC(=O)N[C@H](CO)Cc1ccccc1. The van der Waals surface area contributed by atoms with Crippen LogP contribution >= 0.6 is 0 Å².